The normalized spacial score (nSPS) is 11.4. The summed E-state index contributed by atoms with van der Waals surface area (Å²) >= 11 is 1.32. The molecule has 0 bridgehead atoms. The van der Waals surface area contributed by atoms with Crippen LogP contribution in [0.2, 0.25) is 0 Å². The van der Waals surface area contributed by atoms with E-state index in [4.69, 9.17) is 4.74 Å². The zero-order valence-corrected chi connectivity index (χ0v) is 20.8. The van der Waals surface area contributed by atoms with Gasteiger partial charge in [-0.2, -0.15) is 13.5 Å². The molecule has 0 unspecified atom stereocenters. The summed E-state index contributed by atoms with van der Waals surface area (Å²) in [6, 6.07) is 13.0. The number of aromatic nitrogens is 3. The second-order valence-electron chi connectivity index (χ2n) is 7.41. The number of rotatable bonds is 7. The molecule has 176 valence electrons. The van der Waals surface area contributed by atoms with Crippen LogP contribution in [0.3, 0.4) is 0 Å². The van der Waals surface area contributed by atoms with Crippen LogP contribution in [0, 0.1) is 0 Å². The van der Waals surface area contributed by atoms with Gasteiger partial charge in [-0.1, -0.05) is 25.1 Å². The van der Waals surface area contributed by atoms with Gasteiger partial charge in [0.1, 0.15) is 17.0 Å². The Bertz CT molecular complexity index is 1320. The lowest BCUT2D eigenvalue weighted by atomic mass is 9.96. The van der Waals surface area contributed by atoms with Gasteiger partial charge < -0.3 is 15.4 Å². The number of carbonyl (C=O) groups is 2. The van der Waals surface area contributed by atoms with E-state index in [2.05, 4.69) is 32.5 Å². The van der Waals surface area contributed by atoms with Crippen molar-refractivity contribution in [2.75, 3.05) is 26.0 Å². The molecule has 0 saturated carbocycles. The van der Waals surface area contributed by atoms with Gasteiger partial charge in [0, 0.05) is 37.2 Å². The smallest absolute Gasteiger partial charge is 0.348 e. The third kappa shape index (κ3) is 5.18. The first-order chi connectivity index (χ1) is 16.0. The number of nitrogens with one attached hydrogen (secondary N) is 2. The van der Waals surface area contributed by atoms with Gasteiger partial charge in [0.05, 0.1) is 28.8 Å². The molecule has 4 rings (SSSR count). The van der Waals surface area contributed by atoms with Crippen LogP contribution in [0.1, 0.15) is 38.4 Å². The molecular weight excluding hydrogens is 470 g/mol. The van der Waals surface area contributed by atoms with Crippen LogP contribution in [-0.4, -0.2) is 47.5 Å². The molecule has 8 nitrogen and oxygen atoms in total. The van der Waals surface area contributed by atoms with Gasteiger partial charge in [-0.25, -0.2) is 14.8 Å². The molecular formula is C24H25N5O3S2. The van der Waals surface area contributed by atoms with E-state index in [0.717, 1.165) is 27.0 Å². The number of carbonyl (C=O) groups excluding carboxylic acids is 2. The lowest BCUT2D eigenvalue weighted by Crippen LogP contribution is -2.18. The zero-order valence-electron chi connectivity index (χ0n) is 19.0. The van der Waals surface area contributed by atoms with E-state index < -0.39 is 0 Å². The van der Waals surface area contributed by atoms with Gasteiger partial charge in [0.25, 0.3) is 5.91 Å². The molecule has 1 atom stereocenters. The van der Waals surface area contributed by atoms with Crippen molar-refractivity contribution >= 4 is 53.4 Å². The number of para-hydroxylation sites is 1. The van der Waals surface area contributed by atoms with E-state index in [1.165, 1.54) is 24.8 Å². The highest BCUT2D eigenvalue weighted by Crippen LogP contribution is 2.29. The maximum Gasteiger partial charge on any atom is 0.348 e. The third-order valence-electron chi connectivity index (χ3n) is 5.31. The predicted octanol–water partition coefficient (Wildman–Crippen LogP) is 4.23. The summed E-state index contributed by atoms with van der Waals surface area (Å²) < 4.78 is 4.77. The lowest BCUT2D eigenvalue weighted by molar-refractivity contribution is 0.0606. The second kappa shape index (κ2) is 11.1. The van der Waals surface area contributed by atoms with Crippen LogP contribution in [0.5, 0.6) is 0 Å². The Morgan fingerprint density at radius 3 is 2.71 bits per heavy atom. The number of hydrogen-bond acceptors (Lipinski definition) is 8. The minimum Gasteiger partial charge on any atom is -0.465 e. The highest BCUT2D eigenvalue weighted by Gasteiger charge is 2.16. The van der Waals surface area contributed by atoms with Gasteiger partial charge in [0.15, 0.2) is 0 Å². The minimum absolute atomic E-state index is 0. The molecule has 0 spiro atoms. The molecule has 1 amide bonds. The van der Waals surface area contributed by atoms with E-state index in [9.17, 15) is 9.59 Å². The van der Waals surface area contributed by atoms with E-state index >= 15 is 0 Å². The molecule has 1 aromatic carbocycles. The van der Waals surface area contributed by atoms with Crippen molar-refractivity contribution in [1.82, 2.24) is 20.3 Å². The largest absolute Gasteiger partial charge is 0.465 e. The summed E-state index contributed by atoms with van der Waals surface area (Å²) in [5, 5.41) is 6.87. The number of nitrogens with zero attached hydrogens (tertiary/aromatic N) is 3. The number of fused-ring (bicyclic) bond motifs is 1. The molecule has 3 heterocycles. The van der Waals surface area contributed by atoms with Gasteiger partial charge in [0.2, 0.25) is 0 Å². The maximum absolute atomic E-state index is 12.2. The molecule has 0 radical (unpaired) electrons. The number of pyridine rings is 1. The highest BCUT2D eigenvalue weighted by molar-refractivity contribution is 7.59. The summed E-state index contributed by atoms with van der Waals surface area (Å²) in [4.78, 5) is 38.5. The highest BCUT2D eigenvalue weighted by atomic mass is 32.1. The number of thiophene rings is 1. The van der Waals surface area contributed by atoms with Crippen molar-refractivity contribution < 1.29 is 14.3 Å². The average molecular weight is 496 g/mol. The Hall–Kier alpha value is -3.50. The van der Waals surface area contributed by atoms with Crippen molar-refractivity contribution in [1.29, 1.82) is 0 Å². The van der Waals surface area contributed by atoms with Gasteiger partial charge >= 0.3 is 5.97 Å². The maximum atomic E-state index is 12.2. The fourth-order valence-electron chi connectivity index (χ4n) is 3.57. The third-order valence-corrected chi connectivity index (χ3v) is 6.39. The summed E-state index contributed by atoms with van der Waals surface area (Å²) in [6.07, 6.45) is 3.16. The monoisotopic (exact) mass is 495 g/mol. The summed E-state index contributed by atoms with van der Waals surface area (Å²) in [7, 11) is 2.98. The SMILES string of the molecule is CNC(=O)c1ccnc2c([C@H](C)CNc3cc(-c4ccc(C(=O)OC)s4)ncn3)cccc12.S. The molecule has 0 fully saturated rings. The Morgan fingerprint density at radius 1 is 1.12 bits per heavy atom. The van der Waals surface area contributed by atoms with Gasteiger partial charge in [-0.3, -0.25) is 9.78 Å². The van der Waals surface area contributed by atoms with Crippen molar-refractivity contribution in [3.63, 3.8) is 0 Å². The van der Waals surface area contributed by atoms with Crippen LogP contribution < -0.4 is 10.6 Å². The van der Waals surface area contributed by atoms with Crippen LogP contribution in [0.15, 0.2) is 55.0 Å². The first-order valence-electron chi connectivity index (χ1n) is 10.4. The minimum atomic E-state index is -0.365. The number of esters is 1. The van der Waals surface area contributed by atoms with E-state index in [1.807, 2.05) is 30.3 Å². The Balaban J connectivity index is 0.00000324. The predicted molar refractivity (Wildman–Crippen MR) is 139 cm³/mol. The summed E-state index contributed by atoms with van der Waals surface area (Å²) in [5.41, 5.74) is 3.18. The average Bonchev–Trinajstić information content (AvgIpc) is 3.36. The number of benzene rings is 1. The Labute approximate surface area is 208 Å². The van der Waals surface area contributed by atoms with Gasteiger partial charge in [-0.05, 0) is 23.8 Å². The van der Waals surface area contributed by atoms with E-state index in [-0.39, 0.29) is 31.3 Å². The van der Waals surface area contributed by atoms with Crippen molar-refractivity contribution in [3.8, 4) is 10.6 Å². The Morgan fingerprint density at radius 2 is 1.94 bits per heavy atom. The summed E-state index contributed by atoms with van der Waals surface area (Å²) in [6.45, 7) is 2.71. The molecule has 34 heavy (non-hydrogen) atoms. The van der Waals surface area contributed by atoms with Crippen molar-refractivity contribution in [2.45, 2.75) is 12.8 Å². The van der Waals surface area contributed by atoms with Crippen LogP contribution in [0.25, 0.3) is 21.5 Å². The molecule has 10 heteroatoms. The first-order valence-corrected chi connectivity index (χ1v) is 11.2. The Kier molecular flexibility index (Phi) is 8.19. The van der Waals surface area contributed by atoms with Crippen molar-refractivity contribution in [2.24, 2.45) is 0 Å². The molecule has 4 aromatic rings. The summed E-state index contributed by atoms with van der Waals surface area (Å²) in [5.74, 6) is 0.282. The lowest BCUT2D eigenvalue weighted by Gasteiger charge is -2.16. The number of hydrogen-bond donors (Lipinski definition) is 2. The standard InChI is InChI=1S/C24H23N5O3S.H2S/c1-14(15-5-4-6-16-17(23(30)25-2)9-10-26-22(15)16)12-27-21-11-18(28-13-29-21)19-7-8-20(33-19)24(31)32-3;/h4-11,13-14H,12H2,1-3H3,(H,25,30)(H,27,28,29);1H2/t14-;/m1./s1. The fraction of sp³-hybridized carbons (Fsp3) is 0.208. The quantitative estimate of drug-likeness (QED) is 0.370. The second-order valence-corrected chi connectivity index (χ2v) is 8.49. The van der Waals surface area contributed by atoms with Crippen LogP contribution >= 0.6 is 24.8 Å². The molecule has 0 aliphatic rings. The van der Waals surface area contributed by atoms with Crippen molar-refractivity contribution in [3.05, 3.63) is 71.0 Å². The molecule has 0 saturated heterocycles. The molecule has 0 aliphatic carbocycles. The molecule has 2 N–H and O–H groups in total. The van der Waals surface area contributed by atoms with Gasteiger partial charge in [-0.15, -0.1) is 11.3 Å². The first kappa shape index (κ1) is 25.1. The molecule has 0 aliphatic heterocycles. The fourth-order valence-corrected chi connectivity index (χ4v) is 4.46. The van der Waals surface area contributed by atoms with E-state index in [1.54, 1.807) is 25.4 Å². The number of ether oxygens (including phenoxy) is 1. The van der Waals surface area contributed by atoms with Crippen LogP contribution in [0.4, 0.5) is 5.82 Å². The topological polar surface area (TPSA) is 106 Å². The van der Waals surface area contributed by atoms with E-state index in [0.29, 0.717) is 22.8 Å². The number of methoxy groups -OCH3 is 1. The van der Waals surface area contributed by atoms with Crippen LogP contribution in [-0.2, 0) is 4.74 Å². The number of amides is 1. The zero-order chi connectivity index (χ0) is 23.4. The number of anilines is 1. The molecule has 3 aromatic heterocycles.